The van der Waals surface area contributed by atoms with Gasteiger partial charge in [0.2, 0.25) is 0 Å². The number of carbonyl (C=O) groups excluding carboxylic acids is 2. The van der Waals surface area contributed by atoms with Crippen molar-refractivity contribution in [3.05, 3.63) is 83.7 Å². The summed E-state index contributed by atoms with van der Waals surface area (Å²) in [5.74, 6) is -2.66. The van der Waals surface area contributed by atoms with Gasteiger partial charge in [0.15, 0.2) is 5.82 Å². The maximum absolute atomic E-state index is 13.8. The number of esters is 1. The standard InChI is InChI=1S/C28H22F3N3O4/c1-37-22-5-3-4-17(12-22)16-33-11-10-19-13-21(8-9-24(19)33)34(27(36)28(29,30)31)25-23(26(35)38-2)14-20(15-32-25)18-6-7-18/h3-5,8-9,12-15,18H,6-7,16H2,1-2H3. The fourth-order valence-corrected chi connectivity index (χ4v) is 4.28. The Morgan fingerprint density at radius 3 is 2.61 bits per heavy atom. The van der Waals surface area contributed by atoms with Crippen molar-refractivity contribution in [1.82, 2.24) is 9.55 Å². The van der Waals surface area contributed by atoms with Gasteiger partial charge in [-0.25, -0.2) is 9.78 Å². The van der Waals surface area contributed by atoms with E-state index in [0.717, 1.165) is 25.5 Å². The predicted octanol–water partition coefficient (Wildman–Crippen LogP) is 5.58. The molecule has 0 radical (unpaired) electrons. The summed E-state index contributed by atoms with van der Waals surface area (Å²) in [7, 11) is 2.69. The molecule has 0 N–H and O–H groups in total. The van der Waals surface area contributed by atoms with Crippen LogP contribution in [0.4, 0.5) is 24.7 Å². The van der Waals surface area contributed by atoms with E-state index in [1.807, 2.05) is 24.3 Å². The van der Waals surface area contributed by atoms with Gasteiger partial charge in [-0.3, -0.25) is 14.3 Å². The molecule has 2 aromatic carbocycles. The Balaban J connectivity index is 1.58. The highest BCUT2D eigenvalue weighted by atomic mass is 19.4. The summed E-state index contributed by atoms with van der Waals surface area (Å²) in [6.07, 6.45) is 0.922. The first-order chi connectivity index (χ1) is 18.2. The molecule has 1 amide bonds. The first-order valence-corrected chi connectivity index (χ1v) is 11.8. The summed E-state index contributed by atoms with van der Waals surface area (Å²) < 4.78 is 53.1. The zero-order valence-corrected chi connectivity index (χ0v) is 20.5. The summed E-state index contributed by atoms with van der Waals surface area (Å²) >= 11 is 0. The molecule has 10 heteroatoms. The lowest BCUT2D eigenvalue weighted by molar-refractivity contribution is -0.169. The van der Waals surface area contributed by atoms with E-state index in [2.05, 4.69) is 17.2 Å². The summed E-state index contributed by atoms with van der Waals surface area (Å²) in [6.45, 7) is 0.415. The molecule has 0 spiro atoms. The molecule has 194 valence electrons. The van der Waals surface area contributed by atoms with E-state index < -0.39 is 23.9 Å². The van der Waals surface area contributed by atoms with Crippen molar-refractivity contribution >= 4 is 34.3 Å². The molecule has 5 rings (SSSR count). The van der Waals surface area contributed by atoms with Crippen LogP contribution in [0.1, 0.15) is 40.2 Å². The molecular weight excluding hydrogens is 499 g/mol. The molecule has 0 aliphatic heterocycles. The van der Waals surface area contributed by atoms with Gasteiger partial charge in [-0.05, 0) is 72.4 Å². The third kappa shape index (κ3) is 4.87. The minimum atomic E-state index is -5.23. The van der Waals surface area contributed by atoms with Crippen LogP contribution in [0.2, 0.25) is 0 Å². The SMILES string of the molecule is COC(=O)c1cc(C2CC2)cnc1N(C(=O)C(F)(F)F)c1ccc2c(c#cn2Cc2cccc(OC)c2)c1. The Bertz CT molecular complexity index is 1530. The second kappa shape index (κ2) is 9.74. The molecule has 2 heterocycles. The summed E-state index contributed by atoms with van der Waals surface area (Å²) in [4.78, 5) is 29.8. The zero-order chi connectivity index (χ0) is 27.0. The highest BCUT2D eigenvalue weighted by Gasteiger charge is 2.45. The van der Waals surface area contributed by atoms with Gasteiger partial charge in [0.05, 0.1) is 37.4 Å². The van der Waals surface area contributed by atoms with Crippen molar-refractivity contribution in [2.24, 2.45) is 0 Å². The number of benzene rings is 2. The Hall–Kier alpha value is -4.52. The number of methoxy groups -OCH3 is 2. The van der Waals surface area contributed by atoms with E-state index in [1.165, 1.54) is 24.4 Å². The van der Waals surface area contributed by atoms with Gasteiger partial charge in [0, 0.05) is 12.4 Å². The smallest absolute Gasteiger partial charge is 0.472 e. The van der Waals surface area contributed by atoms with Crippen molar-refractivity contribution in [2.75, 3.05) is 19.1 Å². The minimum Gasteiger partial charge on any atom is -0.497 e. The monoisotopic (exact) mass is 521 g/mol. The van der Waals surface area contributed by atoms with E-state index in [-0.39, 0.29) is 17.2 Å². The Kier molecular flexibility index (Phi) is 6.45. The van der Waals surface area contributed by atoms with E-state index in [1.54, 1.807) is 17.7 Å². The lowest BCUT2D eigenvalue weighted by Gasteiger charge is -2.25. The van der Waals surface area contributed by atoms with E-state index >= 15 is 0 Å². The first kappa shape index (κ1) is 25.1. The van der Waals surface area contributed by atoms with E-state index in [9.17, 15) is 22.8 Å². The lowest BCUT2D eigenvalue weighted by atomic mass is 10.1. The van der Waals surface area contributed by atoms with Crippen molar-refractivity contribution in [2.45, 2.75) is 31.5 Å². The summed E-state index contributed by atoms with van der Waals surface area (Å²) in [5.41, 5.74) is 1.93. The van der Waals surface area contributed by atoms with Crippen LogP contribution in [-0.2, 0) is 16.1 Å². The summed E-state index contributed by atoms with van der Waals surface area (Å²) in [6, 6.07) is 16.1. The third-order valence-electron chi connectivity index (χ3n) is 6.33. The number of anilines is 2. The number of amides is 1. The molecule has 7 nitrogen and oxygen atoms in total. The highest BCUT2D eigenvalue weighted by Crippen LogP contribution is 2.42. The topological polar surface area (TPSA) is 73.7 Å². The van der Waals surface area contributed by atoms with Crippen LogP contribution >= 0.6 is 0 Å². The zero-order valence-electron chi connectivity index (χ0n) is 20.5. The Labute approximate surface area is 216 Å². The highest BCUT2D eigenvalue weighted by molar-refractivity contribution is 6.08. The predicted molar refractivity (Wildman–Crippen MR) is 132 cm³/mol. The minimum absolute atomic E-state index is 0.125. The molecular formula is C28H22F3N3O4. The van der Waals surface area contributed by atoms with Gasteiger partial charge in [-0.1, -0.05) is 12.1 Å². The van der Waals surface area contributed by atoms with Crippen LogP contribution in [0.3, 0.4) is 0 Å². The molecule has 2 aromatic heterocycles. The number of pyridine rings is 1. The van der Waals surface area contributed by atoms with Crippen LogP contribution in [0.15, 0.2) is 54.7 Å². The number of hydrogen-bond donors (Lipinski definition) is 0. The lowest BCUT2D eigenvalue weighted by Crippen LogP contribution is -2.39. The van der Waals surface area contributed by atoms with Crippen LogP contribution in [0.25, 0.3) is 10.9 Å². The van der Waals surface area contributed by atoms with Crippen molar-refractivity contribution < 1.29 is 32.2 Å². The van der Waals surface area contributed by atoms with Gasteiger partial charge in [0.25, 0.3) is 0 Å². The average Bonchev–Trinajstić information content (AvgIpc) is 3.69. The van der Waals surface area contributed by atoms with Crippen LogP contribution in [0.5, 0.6) is 5.75 Å². The summed E-state index contributed by atoms with van der Waals surface area (Å²) in [5, 5.41) is 0.430. The van der Waals surface area contributed by atoms with Gasteiger partial charge in [0.1, 0.15) is 11.3 Å². The van der Waals surface area contributed by atoms with Gasteiger partial charge in [-0.2, -0.15) is 13.2 Å². The number of carbonyl (C=O) groups is 2. The number of fused-ring (bicyclic) bond motifs is 1. The van der Waals surface area contributed by atoms with E-state index in [0.29, 0.717) is 33.7 Å². The maximum Gasteiger partial charge on any atom is 0.472 e. The molecule has 0 unspecified atom stereocenters. The number of alkyl halides is 3. The Morgan fingerprint density at radius 2 is 1.92 bits per heavy atom. The van der Waals surface area contributed by atoms with Gasteiger partial charge < -0.3 is 9.47 Å². The molecule has 0 saturated heterocycles. The third-order valence-corrected chi connectivity index (χ3v) is 6.33. The van der Waals surface area contributed by atoms with Crippen LogP contribution in [-0.4, -0.2) is 41.8 Å². The molecule has 38 heavy (non-hydrogen) atoms. The van der Waals surface area contributed by atoms with Crippen molar-refractivity contribution in [3.63, 3.8) is 0 Å². The molecule has 0 bridgehead atoms. The normalized spacial score (nSPS) is 13.2. The largest absolute Gasteiger partial charge is 0.497 e. The van der Waals surface area contributed by atoms with Gasteiger partial charge in [-0.15, -0.1) is 0 Å². The molecule has 4 aromatic rings. The van der Waals surface area contributed by atoms with E-state index in [4.69, 9.17) is 9.47 Å². The number of aromatic nitrogens is 2. The molecule has 1 aliphatic carbocycles. The van der Waals surface area contributed by atoms with Crippen LogP contribution < -0.4 is 9.64 Å². The molecule has 1 aliphatic rings. The average molecular weight is 521 g/mol. The molecule has 1 saturated carbocycles. The molecule has 1 fully saturated rings. The second-order valence-corrected chi connectivity index (χ2v) is 8.92. The fraction of sp³-hybridized carbons (Fsp3) is 0.250. The number of ether oxygens (including phenoxy) is 2. The number of rotatable bonds is 7. The maximum atomic E-state index is 13.8. The van der Waals surface area contributed by atoms with Crippen molar-refractivity contribution in [3.8, 4) is 5.75 Å². The second-order valence-electron chi connectivity index (χ2n) is 8.92. The number of hydrogen-bond acceptors (Lipinski definition) is 5. The van der Waals surface area contributed by atoms with Crippen LogP contribution in [0, 0.1) is 12.3 Å². The van der Waals surface area contributed by atoms with Crippen molar-refractivity contribution in [1.29, 1.82) is 0 Å². The fourth-order valence-electron chi connectivity index (χ4n) is 4.28. The first-order valence-electron chi connectivity index (χ1n) is 11.8. The molecule has 0 atom stereocenters. The Morgan fingerprint density at radius 1 is 1.13 bits per heavy atom. The van der Waals surface area contributed by atoms with Gasteiger partial charge >= 0.3 is 18.1 Å². The quantitative estimate of drug-likeness (QED) is 0.297. The number of halogens is 3. The number of nitrogens with zero attached hydrogens (tertiary/aromatic N) is 3.